The molecule has 3 rings (SSSR count). The minimum Gasteiger partial charge on any atom is -0.399 e. The standard InChI is InChI=1S/C13H10ClN3O3S/c14-9-3-1-2-4-12(9)21(19,20)17-11-6-5-8(15)7-10(11)16-13(17)18/h1-7H,15H2,(H,16,18). The normalized spacial score (nSPS) is 11.9. The number of nitrogens with zero attached hydrogens (tertiary/aromatic N) is 1. The van der Waals surface area contributed by atoms with Crippen molar-refractivity contribution in [2.45, 2.75) is 4.90 Å². The van der Waals surface area contributed by atoms with Gasteiger partial charge < -0.3 is 10.7 Å². The highest BCUT2D eigenvalue weighted by molar-refractivity contribution is 7.90. The molecule has 108 valence electrons. The number of nitrogens with one attached hydrogen (secondary N) is 1. The number of imidazole rings is 1. The van der Waals surface area contributed by atoms with E-state index in [1.807, 2.05) is 0 Å². The van der Waals surface area contributed by atoms with Gasteiger partial charge in [0.05, 0.1) is 16.1 Å². The van der Waals surface area contributed by atoms with Crippen LogP contribution in [0.2, 0.25) is 5.02 Å². The van der Waals surface area contributed by atoms with Crippen LogP contribution in [0.15, 0.2) is 52.2 Å². The maximum atomic E-state index is 12.7. The smallest absolute Gasteiger partial charge is 0.340 e. The van der Waals surface area contributed by atoms with E-state index < -0.39 is 15.7 Å². The monoisotopic (exact) mass is 323 g/mol. The van der Waals surface area contributed by atoms with Gasteiger partial charge in [0, 0.05) is 5.69 Å². The number of benzene rings is 2. The van der Waals surface area contributed by atoms with Crippen LogP contribution in [0.4, 0.5) is 5.69 Å². The zero-order valence-corrected chi connectivity index (χ0v) is 12.1. The number of nitrogen functional groups attached to an aromatic ring is 1. The van der Waals surface area contributed by atoms with Crippen molar-refractivity contribution < 1.29 is 8.42 Å². The lowest BCUT2D eigenvalue weighted by Gasteiger charge is -2.07. The fourth-order valence-electron chi connectivity index (χ4n) is 2.10. The van der Waals surface area contributed by atoms with E-state index in [0.29, 0.717) is 15.2 Å². The minimum absolute atomic E-state index is 0.0502. The fraction of sp³-hybridized carbons (Fsp3) is 0. The Labute approximate surface area is 124 Å². The highest BCUT2D eigenvalue weighted by atomic mass is 35.5. The Hall–Kier alpha value is -2.25. The molecule has 0 atom stereocenters. The lowest BCUT2D eigenvalue weighted by Crippen LogP contribution is -2.25. The average molecular weight is 324 g/mol. The van der Waals surface area contributed by atoms with E-state index in [4.69, 9.17) is 17.3 Å². The Bertz CT molecular complexity index is 1000. The fourth-order valence-corrected chi connectivity index (χ4v) is 3.97. The third-order valence-electron chi connectivity index (χ3n) is 3.02. The van der Waals surface area contributed by atoms with Crippen molar-refractivity contribution in [3.8, 4) is 0 Å². The van der Waals surface area contributed by atoms with Crippen LogP contribution in [0.1, 0.15) is 0 Å². The molecule has 2 aromatic carbocycles. The molecule has 1 aromatic heterocycles. The number of nitrogens with two attached hydrogens (primary N) is 1. The molecule has 21 heavy (non-hydrogen) atoms. The maximum Gasteiger partial charge on any atom is 0.340 e. The van der Waals surface area contributed by atoms with E-state index in [2.05, 4.69) is 4.98 Å². The highest BCUT2D eigenvalue weighted by Gasteiger charge is 2.24. The summed E-state index contributed by atoms with van der Waals surface area (Å²) in [6, 6.07) is 10.4. The molecule has 0 amide bonds. The summed E-state index contributed by atoms with van der Waals surface area (Å²) in [5, 5.41) is 0.0502. The summed E-state index contributed by atoms with van der Waals surface area (Å²) in [6.45, 7) is 0. The second kappa shape index (κ2) is 4.64. The molecule has 0 spiro atoms. The molecule has 0 aliphatic rings. The second-order valence-corrected chi connectivity index (χ2v) is 6.57. The number of aromatic amines is 1. The number of halogens is 1. The summed E-state index contributed by atoms with van der Waals surface area (Å²) in [5.74, 6) is 0. The van der Waals surface area contributed by atoms with E-state index >= 15 is 0 Å². The van der Waals surface area contributed by atoms with Gasteiger partial charge in [0.1, 0.15) is 4.90 Å². The van der Waals surface area contributed by atoms with E-state index in [1.165, 1.54) is 36.4 Å². The SMILES string of the molecule is Nc1ccc2c(c1)[nH]c(=O)n2S(=O)(=O)c1ccccc1Cl. The largest absolute Gasteiger partial charge is 0.399 e. The zero-order valence-electron chi connectivity index (χ0n) is 10.6. The number of hydrogen-bond acceptors (Lipinski definition) is 4. The van der Waals surface area contributed by atoms with E-state index in [1.54, 1.807) is 6.07 Å². The van der Waals surface area contributed by atoms with E-state index in [-0.39, 0.29) is 15.4 Å². The second-order valence-electron chi connectivity index (χ2n) is 4.41. The van der Waals surface area contributed by atoms with Crippen LogP contribution < -0.4 is 11.4 Å². The molecular formula is C13H10ClN3O3S. The van der Waals surface area contributed by atoms with Gasteiger partial charge in [-0.15, -0.1) is 0 Å². The maximum absolute atomic E-state index is 12.7. The Balaban J connectivity index is 2.37. The van der Waals surface area contributed by atoms with Crippen molar-refractivity contribution in [3.63, 3.8) is 0 Å². The lowest BCUT2D eigenvalue weighted by molar-refractivity contribution is 0.587. The number of aromatic nitrogens is 2. The molecule has 0 saturated carbocycles. The Kier molecular flexibility index (Phi) is 3.03. The summed E-state index contributed by atoms with van der Waals surface area (Å²) in [4.78, 5) is 14.4. The van der Waals surface area contributed by atoms with Crippen molar-refractivity contribution >= 4 is 38.3 Å². The van der Waals surface area contributed by atoms with Crippen LogP contribution in [-0.2, 0) is 10.0 Å². The van der Waals surface area contributed by atoms with Crippen molar-refractivity contribution in [1.82, 2.24) is 8.96 Å². The molecule has 3 aromatic rings. The quantitative estimate of drug-likeness (QED) is 0.703. The molecule has 6 nitrogen and oxygen atoms in total. The first-order valence-electron chi connectivity index (χ1n) is 5.91. The molecule has 0 bridgehead atoms. The zero-order chi connectivity index (χ0) is 15.2. The van der Waals surface area contributed by atoms with Crippen molar-refractivity contribution in [2.24, 2.45) is 0 Å². The van der Waals surface area contributed by atoms with Crippen LogP contribution in [0.3, 0.4) is 0 Å². The number of hydrogen-bond donors (Lipinski definition) is 2. The first kappa shape index (κ1) is 13.7. The molecule has 0 fully saturated rings. The van der Waals surface area contributed by atoms with Crippen LogP contribution in [0, 0.1) is 0 Å². The molecule has 8 heteroatoms. The average Bonchev–Trinajstić information content (AvgIpc) is 2.74. The van der Waals surface area contributed by atoms with Gasteiger partial charge in [0.25, 0.3) is 10.0 Å². The first-order valence-corrected chi connectivity index (χ1v) is 7.73. The molecule has 0 saturated heterocycles. The summed E-state index contributed by atoms with van der Waals surface area (Å²) in [7, 11) is -4.10. The number of fused-ring (bicyclic) bond motifs is 1. The third kappa shape index (κ3) is 2.10. The summed E-state index contributed by atoms with van der Waals surface area (Å²) in [6.07, 6.45) is 0. The van der Waals surface area contributed by atoms with Crippen LogP contribution >= 0.6 is 11.6 Å². The van der Waals surface area contributed by atoms with Gasteiger partial charge in [-0.3, -0.25) is 0 Å². The van der Waals surface area contributed by atoms with Crippen molar-refractivity contribution in [1.29, 1.82) is 0 Å². The molecule has 3 N–H and O–H groups in total. The van der Waals surface area contributed by atoms with Gasteiger partial charge in [-0.2, -0.15) is 3.97 Å². The number of anilines is 1. The van der Waals surface area contributed by atoms with Crippen LogP contribution in [0.25, 0.3) is 11.0 Å². The third-order valence-corrected chi connectivity index (χ3v) is 5.22. The van der Waals surface area contributed by atoms with Gasteiger partial charge in [0.15, 0.2) is 0 Å². The molecule has 1 heterocycles. The number of rotatable bonds is 2. The molecule has 0 radical (unpaired) electrons. The summed E-state index contributed by atoms with van der Waals surface area (Å²) >= 11 is 5.93. The topological polar surface area (TPSA) is 97.9 Å². The predicted molar refractivity (Wildman–Crippen MR) is 81.0 cm³/mol. The summed E-state index contributed by atoms with van der Waals surface area (Å²) < 4.78 is 26.0. The lowest BCUT2D eigenvalue weighted by atomic mass is 10.3. The van der Waals surface area contributed by atoms with Crippen molar-refractivity contribution in [3.05, 3.63) is 58.0 Å². The molecule has 0 unspecified atom stereocenters. The van der Waals surface area contributed by atoms with Gasteiger partial charge >= 0.3 is 5.69 Å². The van der Waals surface area contributed by atoms with Gasteiger partial charge in [0.2, 0.25) is 0 Å². The molecular weight excluding hydrogens is 314 g/mol. The molecule has 0 aliphatic carbocycles. The Morgan fingerprint density at radius 1 is 1.14 bits per heavy atom. The van der Waals surface area contributed by atoms with Gasteiger partial charge in [-0.25, -0.2) is 13.2 Å². The Morgan fingerprint density at radius 2 is 1.86 bits per heavy atom. The van der Waals surface area contributed by atoms with Crippen LogP contribution in [-0.4, -0.2) is 17.4 Å². The van der Waals surface area contributed by atoms with Crippen molar-refractivity contribution in [2.75, 3.05) is 5.73 Å². The number of H-pyrrole nitrogens is 1. The van der Waals surface area contributed by atoms with Crippen LogP contribution in [0.5, 0.6) is 0 Å². The first-order chi connectivity index (χ1) is 9.91. The van der Waals surface area contributed by atoms with E-state index in [9.17, 15) is 13.2 Å². The minimum atomic E-state index is -4.10. The van der Waals surface area contributed by atoms with Gasteiger partial charge in [-0.05, 0) is 30.3 Å². The van der Waals surface area contributed by atoms with Gasteiger partial charge in [-0.1, -0.05) is 23.7 Å². The Morgan fingerprint density at radius 3 is 2.57 bits per heavy atom. The summed E-state index contributed by atoms with van der Waals surface area (Å²) in [5.41, 5.74) is 5.84. The van der Waals surface area contributed by atoms with E-state index in [0.717, 1.165) is 0 Å². The predicted octanol–water partition coefficient (Wildman–Crippen LogP) is 1.80. The highest BCUT2D eigenvalue weighted by Crippen LogP contribution is 2.25. The molecule has 0 aliphatic heterocycles.